The van der Waals surface area contributed by atoms with Crippen LogP contribution in [-0.4, -0.2) is 34.2 Å². The van der Waals surface area contributed by atoms with Crippen LogP contribution in [0.1, 0.15) is 31.7 Å². The zero-order valence-corrected chi connectivity index (χ0v) is 16.9. The van der Waals surface area contributed by atoms with Gasteiger partial charge in [-0.3, -0.25) is 9.10 Å². The molecule has 0 heterocycles. The zero-order chi connectivity index (χ0) is 20.0. The Balaban J connectivity index is 2.07. The Morgan fingerprint density at radius 2 is 1.74 bits per heavy atom. The molecule has 0 fully saturated rings. The summed E-state index contributed by atoms with van der Waals surface area (Å²) in [6, 6.07) is 14.5. The summed E-state index contributed by atoms with van der Waals surface area (Å²) in [5.41, 5.74) is 2.29. The monoisotopic (exact) mass is 390 g/mol. The average molecular weight is 391 g/mol. The fraction of sp³-hybridized carbons (Fsp3) is 0.350. The Hall–Kier alpha value is -2.54. The minimum atomic E-state index is -3.56. The lowest BCUT2D eigenvalue weighted by Crippen LogP contribution is -2.33. The molecule has 0 spiro atoms. The van der Waals surface area contributed by atoms with E-state index in [2.05, 4.69) is 19.2 Å². The highest BCUT2D eigenvalue weighted by Gasteiger charge is 2.21. The summed E-state index contributed by atoms with van der Waals surface area (Å²) in [5, 5.41) is 2.80. The summed E-state index contributed by atoms with van der Waals surface area (Å²) in [6.07, 6.45) is 1.14. The molecule has 0 atom stereocenters. The largest absolute Gasteiger partial charge is 0.495 e. The van der Waals surface area contributed by atoms with Crippen molar-refractivity contribution in [2.75, 3.05) is 29.5 Å². The molecule has 0 aromatic heterocycles. The predicted molar refractivity (Wildman–Crippen MR) is 109 cm³/mol. The number of ether oxygens (including phenoxy) is 1. The van der Waals surface area contributed by atoms with Gasteiger partial charge in [0.15, 0.2) is 0 Å². The van der Waals surface area contributed by atoms with Gasteiger partial charge in [-0.1, -0.05) is 38.1 Å². The summed E-state index contributed by atoms with van der Waals surface area (Å²) in [5.74, 6) is 0.599. The van der Waals surface area contributed by atoms with E-state index < -0.39 is 10.0 Å². The van der Waals surface area contributed by atoms with Gasteiger partial charge in [-0.15, -0.1) is 0 Å². The number of rotatable bonds is 8. The van der Waals surface area contributed by atoms with E-state index in [1.807, 2.05) is 24.3 Å². The molecule has 2 aromatic rings. The van der Waals surface area contributed by atoms with Crippen LogP contribution in [0.4, 0.5) is 11.4 Å². The van der Waals surface area contributed by atoms with Crippen LogP contribution in [0.25, 0.3) is 0 Å². The molecule has 2 aromatic carbocycles. The number of methoxy groups -OCH3 is 1. The Labute approximate surface area is 161 Å². The fourth-order valence-electron chi connectivity index (χ4n) is 2.68. The van der Waals surface area contributed by atoms with Gasteiger partial charge in [0, 0.05) is 18.7 Å². The van der Waals surface area contributed by atoms with E-state index in [1.165, 1.54) is 17.0 Å². The lowest BCUT2D eigenvalue weighted by molar-refractivity contribution is -0.116. The molecule has 0 saturated carbocycles. The minimum absolute atomic E-state index is 0.0229. The van der Waals surface area contributed by atoms with Gasteiger partial charge in [0.2, 0.25) is 15.9 Å². The highest BCUT2D eigenvalue weighted by molar-refractivity contribution is 7.92. The number of hydrogen-bond donors (Lipinski definition) is 1. The highest BCUT2D eigenvalue weighted by atomic mass is 32.2. The third-order valence-corrected chi connectivity index (χ3v) is 5.34. The zero-order valence-electron chi connectivity index (χ0n) is 16.1. The summed E-state index contributed by atoms with van der Waals surface area (Å²) in [7, 11) is -2.08. The van der Waals surface area contributed by atoms with Crippen molar-refractivity contribution in [1.29, 1.82) is 0 Å². The first-order chi connectivity index (χ1) is 12.7. The number of carbonyl (C=O) groups is 1. The normalized spacial score (nSPS) is 11.3. The first-order valence-electron chi connectivity index (χ1n) is 8.73. The second-order valence-corrected chi connectivity index (χ2v) is 8.49. The summed E-state index contributed by atoms with van der Waals surface area (Å²) in [4.78, 5) is 12.3. The van der Waals surface area contributed by atoms with E-state index in [4.69, 9.17) is 4.74 Å². The Bertz CT molecular complexity index is 877. The number of para-hydroxylation sites is 2. The number of nitrogens with one attached hydrogen (secondary N) is 1. The van der Waals surface area contributed by atoms with Crippen LogP contribution < -0.4 is 14.4 Å². The van der Waals surface area contributed by atoms with Crippen LogP contribution >= 0.6 is 0 Å². The third-order valence-electron chi connectivity index (χ3n) is 4.16. The summed E-state index contributed by atoms with van der Waals surface area (Å²) >= 11 is 0. The van der Waals surface area contributed by atoms with Crippen molar-refractivity contribution in [3.05, 3.63) is 54.1 Å². The van der Waals surface area contributed by atoms with Crippen molar-refractivity contribution >= 4 is 27.3 Å². The van der Waals surface area contributed by atoms with Crippen LogP contribution in [0.3, 0.4) is 0 Å². The van der Waals surface area contributed by atoms with Crippen LogP contribution in [0.15, 0.2) is 48.5 Å². The van der Waals surface area contributed by atoms with Gasteiger partial charge in [0.25, 0.3) is 0 Å². The summed E-state index contributed by atoms with van der Waals surface area (Å²) < 4.78 is 30.9. The number of anilines is 2. The van der Waals surface area contributed by atoms with Gasteiger partial charge < -0.3 is 10.1 Å². The standard InChI is InChI=1S/C20H26N2O4S/c1-15(2)16-9-11-17(12-10-16)21-20(23)13-14-22(27(4,24)25)18-7-5-6-8-19(18)26-3/h5-12,15H,13-14H2,1-4H3,(H,21,23). The van der Waals surface area contributed by atoms with Crippen LogP contribution in [0, 0.1) is 0 Å². The summed E-state index contributed by atoms with van der Waals surface area (Å²) in [6.45, 7) is 4.23. The first-order valence-corrected chi connectivity index (χ1v) is 10.6. The highest BCUT2D eigenvalue weighted by Crippen LogP contribution is 2.29. The molecule has 0 aliphatic heterocycles. The maximum absolute atomic E-state index is 12.3. The van der Waals surface area contributed by atoms with Crippen molar-refractivity contribution in [3.63, 3.8) is 0 Å². The van der Waals surface area contributed by atoms with Crippen molar-refractivity contribution in [1.82, 2.24) is 0 Å². The van der Waals surface area contributed by atoms with Crippen LogP contribution in [0.2, 0.25) is 0 Å². The number of nitrogens with zero attached hydrogens (tertiary/aromatic N) is 1. The SMILES string of the molecule is COc1ccccc1N(CCC(=O)Nc1ccc(C(C)C)cc1)S(C)(=O)=O. The van der Waals surface area contributed by atoms with Crippen molar-refractivity contribution in [2.45, 2.75) is 26.2 Å². The molecule has 1 amide bonds. The van der Waals surface area contributed by atoms with Crippen molar-refractivity contribution < 1.29 is 17.9 Å². The molecule has 0 radical (unpaired) electrons. The molecule has 6 nitrogen and oxygen atoms in total. The van der Waals surface area contributed by atoms with Crippen molar-refractivity contribution in [2.24, 2.45) is 0 Å². The number of benzene rings is 2. The van der Waals surface area contributed by atoms with Crippen LogP contribution in [0.5, 0.6) is 5.75 Å². The molecule has 0 unspecified atom stereocenters. The lowest BCUT2D eigenvalue weighted by Gasteiger charge is -2.24. The van der Waals surface area contributed by atoms with Crippen LogP contribution in [-0.2, 0) is 14.8 Å². The molecule has 0 aliphatic rings. The molecule has 7 heteroatoms. The van der Waals surface area contributed by atoms with E-state index in [0.29, 0.717) is 23.0 Å². The quantitative estimate of drug-likeness (QED) is 0.747. The second kappa shape index (κ2) is 8.90. The molecule has 146 valence electrons. The maximum Gasteiger partial charge on any atom is 0.232 e. The average Bonchev–Trinajstić information content (AvgIpc) is 2.61. The minimum Gasteiger partial charge on any atom is -0.495 e. The molecule has 0 saturated heterocycles. The lowest BCUT2D eigenvalue weighted by atomic mass is 10.0. The fourth-order valence-corrected chi connectivity index (χ4v) is 3.61. The number of hydrogen-bond acceptors (Lipinski definition) is 4. The van der Waals surface area contributed by atoms with Gasteiger partial charge in [-0.25, -0.2) is 8.42 Å². The van der Waals surface area contributed by atoms with Gasteiger partial charge >= 0.3 is 0 Å². The van der Waals surface area contributed by atoms with Gasteiger partial charge in [-0.05, 0) is 35.7 Å². The second-order valence-electron chi connectivity index (χ2n) is 6.58. The van der Waals surface area contributed by atoms with E-state index in [-0.39, 0.29) is 18.9 Å². The molecule has 0 aliphatic carbocycles. The Morgan fingerprint density at radius 3 is 2.30 bits per heavy atom. The van der Waals surface area contributed by atoms with Gasteiger partial charge in [0.1, 0.15) is 5.75 Å². The van der Waals surface area contributed by atoms with Gasteiger partial charge in [0.05, 0.1) is 19.1 Å². The van der Waals surface area contributed by atoms with Crippen molar-refractivity contribution in [3.8, 4) is 5.75 Å². The number of carbonyl (C=O) groups excluding carboxylic acids is 1. The maximum atomic E-state index is 12.3. The molecule has 1 N–H and O–H groups in total. The molecule has 0 bridgehead atoms. The topological polar surface area (TPSA) is 75.7 Å². The molecular weight excluding hydrogens is 364 g/mol. The van der Waals surface area contributed by atoms with E-state index in [0.717, 1.165) is 6.26 Å². The molecule has 27 heavy (non-hydrogen) atoms. The van der Waals surface area contributed by atoms with E-state index in [1.54, 1.807) is 24.3 Å². The third kappa shape index (κ3) is 5.72. The first kappa shape index (κ1) is 20.8. The molecule has 2 rings (SSSR count). The smallest absolute Gasteiger partial charge is 0.232 e. The Morgan fingerprint density at radius 1 is 1.11 bits per heavy atom. The number of amides is 1. The van der Waals surface area contributed by atoms with E-state index in [9.17, 15) is 13.2 Å². The van der Waals surface area contributed by atoms with Gasteiger partial charge in [-0.2, -0.15) is 0 Å². The van der Waals surface area contributed by atoms with E-state index >= 15 is 0 Å². The number of sulfonamides is 1. The molecular formula is C20H26N2O4S. The Kier molecular flexibility index (Phi) is 6.85. The predicted octanol–water partition coefficient (Wildman–Crippen LogP) is 3.61.